The van der Waals surface area contributed by atoms with Crippen LogP contribution in [-0.4, -0.2) is 6.61 Å². The van der Waals surface area contributed by atoms with E-state index in [0.717, 1.165) is 23.2 Å². The van der Waals surface area contributed by atoms with Gasteiger partial charge < -0.3 is 0 Å². The molecule has 0 fully saturated rings. The second-order valence-corrected chi connectivity index (χ2v) is 7.99. The molecule has 25 heavy (non-hydrogen) atoms. The monoisotopic (exact) mass is 354 g/mol. The third-order valence-electron chi connectivity index (χ3n) is 3.61. The topological polar surface area (TPSA) is 27.7 Å². The second kappa shape index (κ2) is 8.66. The molecule has 0 aliphatic carbocycles. The van der Waals surface area contributed by atoms with Crippen LogP contribution in [0.3, 0.4) is 0 Å². The molecule has 4 heteroatoms. The Morgan fingerprint density at radius 2 is 1.08 bits per heavy atom. The number of hydrogen-bond donors (Lipinski definition) is 0. The summed E-state index contributed by atoms with van der Waals surface area (Å²) in [5, 5.41) is 0.941. The van der Waals surface area contributed by atoms with Gasteiger partial charge in [0.25, 0.3) is 0 Å². The molecule has 3 aromatic rings. The van der Waals surface area contributed by atoms with Crippen LogP contribution in [0.25, 0.3) is 0 Å². The fourth-order valence-electron chi connectivity index (χ4n) is 2.45. The summed E-state index contributed by atoms with van der Waals surface area (Å²) in [7, 11) is -3.17. The number of para-hydroxylation sites is 2. The van der Waals surface area contributed by atoms with Crippen LogP contribution in [0.5, 0.6) is 11.5 Å². The molecule has 0 radical (unpaired) electrons. The zero-order chi connectivity index (χ0) is 17.4. The summed E-state index contributed by atoms with van der Waals surface area (Å²) in [6.45, 7) is 2.65. The van der Waals surface area contributed by atoms with Gasteiger partial charge in [-0.2, -0.15) is 0 Å². The first-order valence-corrected chi connectivity index (χ1v) is 10.2. The van der Waals surface area contributed by atoms with E-state index in [4.69, 9.17) is 13.6 Å². The molecule has 0 saturated carbocycles. The molecule has 0 saturated heterocycles. The summed E-state index contributed by atoms with van der Waals surface area (Å²) in [6.07, 6.45) is 0.887. The Morgan fingerprint density at radius 1 is 0.640 bits per heavy atom. The van der Waals surface area contributed by atoms with Gasteiger partial charge in [-0.05, 0) is 0 Å². The van der Waals surface area contributed by atoms with E-state index in [-0.39, 0.29) is 0 Å². The summed E-state index contributed by atoms with van der Waals surface area (Å²) in [4.78, 5) is 0. The Bertz CT molecular complexity index is 706. The molecular formula is C21H23O3P. The van der Waals surface area contributed by atoms with Crippen molar-refractivity contribution in [3.8, 4) is 11.5 Å². The van der Waals surface area contributed by atoms with E-state index in [1.807, 2.05) is 91.0 Å². The van der Waals surface area contributed by atoms with Crippen molar-refractivity contribution in [1.82, 2.24) is 0 Å². The quantitative estimate of drug-likeness (QED) is 0.508. The van der Waals surface area contributed by atoms with Gasteiger partial charge in [0.1, 0.15) is 0 Å². The predicted molar refractivity (Wildman–Crippen MR) is 105 cm³/mol. The van der Waals surface area contributed by atoms with Crippen molar-refractivity contribution in [2.45, 2.75) is 13.3 Å². The van der Waals surface area contributed by atoms with Gasteiger partial charge >= 0.3 is 149 Å². The van der Waals surface area contributed by atoms with Gasteiger partial charge in [-0.25, -0.2) is 0 Å². The molecule has 0 amide bonds. The molecule has 0 unspecified atom stereocenters. The molecule has 0 spiro atoms. The third kappa shape index (κ3) is 4.60. The molecule has 3 aromatic carbocycles. The molecule has 0 aromatic heterocycles. The van der Waals surface area contributed by atoms with E-state index >= 15 is 0 Å². The first kappa shape index (κ1) is 17.5. The first-order valence-electron chi connectivity index (χ1n) is 8.50. The molecule has 0 atom stereocenters. The minimum atomic E-state index is -3.17. The van der Waals surface area contributed by atoms with E-state index in [1.54, 1.807) is 0 Å². The Labute approximate surface area is 149 Å². The number of benzene rings is 3. The van der Waals surface area contributed by atoms with Crippen LogP contribution in [0.1, 0.15) is 13.3 Å². The summed E-state index contributed by atoms with van der Waals surface area (Å²) in [6, 6.07) is 29.4. The van der Waals surface area contributed by atoms with Gasteiger partial charge in [0.2, 0.25) is 0 Å². The fraction of sp³-hybridized carbons (Fsp3) is 0.143. The maximum absolute atomic E-state index is 6.39. The van der Waals surface area contributed by atoms with E-state index < -0.39 is 7.94 Å². The van der Waals surface area contributed by atoms with Crippen molar-refractivity contribution in [2.24, 2.45) is 0 Å². The second-order valence-electron chi connectivity index (χ2n) is 5.60. The molecule has 0 aliphatic heterocycles. The van der Waals surface area contributed by atoms with Gasteiger partial charge in [0.05, 0.1) is 0 Å². The Hall–Kier alpha value is -2.35. The van der Waals surface area contributed by atoms with Crippen LogP contribution in [0.15, 0.2) is 91.0 Å². The Balaban J connectivity index is 2.02. The van der Waals surface area contributed by atoms with Gasteiger partial charge in [-0.1, -0.05) is 0 Å². The molecule has 0 heterocycles. The van der Waals surface area contributed by atoms with Gasteiger partial charge in [0, 0.05) is 0 Å². The van der Waals surface area contributed by atoms with E-state index in [9.17, 15) is 0 Å². The van der Waals surface area contributed by atoms with Crippen molar-refractivity contribution in [3.05, 3.63) is 91.0 Å². The van der Waals surface area contributed by atoms with Crippen molar-refractivity contribution < 1.29 is 13.6 Å². The SMILES string of the molecule is CCCO[PH](Oc1ccccc1)(Oc1ccccc1)c1ccccc1. The molecule has 3 rings (SSSR count). The Morgan fingerprint density at radius 3 is 1.52 bits per heavy atom. The van der Waals surface area contributed by atoms with Crippen LogP contribution < -0.4 is 14.4 Å². The number of rotatable bonds is 8. The number of hydrogen-bond acceptors (Lipinski definition) is 3. The van der Waals surface area contributed by atoms with Gasteiger partial charge in [-0.15, -0.1) is 0 Å². The van der Waals surface area contributed by atoms with Crippen LogP contribution in [0.4, 0.5) is 0 Å². The molecule has 0 aliphatic rings. The van der Waals surface area contributed by atoms with E-state index in [1.165, 1.54) is 0 Å². The van der Waals surface area contributed by atoms with Crippen LogP contribution in [0, 0.1) is 0 Å². The Kier molecular flexibility index (Phi) is 6.05. The zero-order valence-corrected chi connectivity index (χ0v) is 15.3. The normalized spacial score (nSPS) is 11.7. The standard InChI is InChI=1S/C21H23O3P/c1-2-18-22-25(21-16-10-5-11-17-21,23-19-12-6-3-7-13-19)24-20-14-8-4-9-15-20/h3-17,25H,2,18H2,1H3. The molecular weight excluding hydrogens is 331 g/mol. The third-order valence-corrected chi connectivity index (χ3v) is 6.25. The van der Waals surface area contributed by atoms with Crippen molar-refractivity contribution in [3.63, 3.8) is 0 Å². The van der Waals surface area contributed by atoms with Crippen molar-refractivity contribution in [2.75, 3.05) is 6.61 Å². The van der Waals surface area contributed by atoms with Crippen LogP contribution >= 0.6 is 7.94 Å². The predicted octanol–water partition coefficient (Wildman–Crippen LogP) is 5.39. The van der Waals surface area contributed by atoms with Crippen LogP contribution in [-0.2, 0) is 4.52 Å². The van der Waals surface area contributed by atoms with Crippen molar-refractivity contribution >= 4 is 13.2 Å². The van der Waals surface area contributed by atoms with Crippen molar-refractivity contribution in [1.29, 1.82) is 0 Å². The van der Waals surface area contributed by atoms with E-state index in [0.29, 0.717) is 6.61 Å². The summed E-state index contributed by atoms with van der Waals surface area (Å²) in [5.41, 5.74) is 0. The maximum atomic E-state index is 6.39. The summed E-state index contributed by atoms with van der Waals surface area (Å²) >= 11 is 0. The summed E-state index contributed by atoms with van der Waals surface area (Å²) in [5.74, 6) is 1.48. The molecule has 0 N–H and O–H groups in total. The molecule has 130 valence electrons. The van der Waals surface area contributed by atoms with Gasteiger partial charge in [-0.3, -0.25) is 0 Å². The van der Waals surface area contributed by atoms with Gasteiger partial charge in [0.15, 0.2) is 0 Å². The first-order chi connectivity index (χ1) is 12.3. The average Bonchev–Trinajstić information content (AvgIpc) is 2.68. The molecule has 3 nitrogen and oxygen atoms in total. The van der Waals surface area contributed by atoms with Crippen LogP contribution in [0.2, 0.25) is 0 Å². The summed E-state index contributed by atoms with van der Waals surface area (Å²) < 4.78 is 19.0. The van der Waals surface area contributed by atoms with E-state index in [2.05, 4.69) is 6.92 Å². The zero-order valence-electron chi connectivity index (χ0n) is 14.3. The average molecular weight is 354 g/mol. The molecule has 0 bridgehead atoms. The minimum absolute atomic E-state index is 0.570. The fourth-order valence-corrected chi connectivity index (χ4v) is 4.98.